The molecular formula is C40H49F2N5O6. The van der Waals surface area contributed by atoms with Gasteiger partial charge >= 0.3 is 12.1 Å². The van der Waals surface area contributed by atoms with Gasteiger partial charge < -0.3 is 28.6 Å². The molecule has 1 aromatic heterocycles. The first-order valence-corrected chi connectivity index (χ1v) is 18.6. The number of hydrogen-bond donors (Lipinski definition) is 0. The molecule has 3 aliphatic rings. The number of nitrogens with zero attached hydrogens (tertiary/aromatic N) is 5. The average Bonchev–Trinajstić information content (AvgIpc) is 3.41. The smallest absolute Gasteiger partial charge is 0.410 e. The van der Waals surface area contributed by atoms with Crippen molar-refractivity contribution in [3.8, 4) is 22.9 Å². The summed E-state index contributed by atoms with van der Waals surface area (Å²) < 4.78 is 62.2. The molecule has 284 valence electrons. The van der Waals surface area contributed by atoms with Crippen molar-refractivity contribution >= 4 is 33.6 Å². The van der Waals surface area contributed by atoms with Gasteiger partial charge in [0.25, 0.3) is 0 Å². The molecule has 3 saturated heterocycles. The molecule has 0 spiro atoms. The van der Waals surface area contributed by atoms with E-state index >= 15 is 8.78 Å². The van der Waals surface area contributed by atoms with Crippen LogP contribution in [0.3, 0.4) is 0 Å². The number of benzene rings is 3. The van der Waals surface area contributed by atoms with Crippen molar-refractivity contribution in [1.29, 1.82) is 0 Å². The zero-order chi connectivity index (χ0) is 37.3. The Hall–Kier alpha value is -4.33. The Morgan fingerprint density at radius 3 is 2.47 bits per heavy atom. The summed E-state index contributed by atoms with van der Waals surface area (Å²) in [6.45, 7) is 12.7. The number of carbonyl (C=O) groups excluding carboxylic acids is 1. The highest BCUT2D eigenvalue weighted by molar-refractivity contribution is 6.03. The Balaban J connectivity index is 1.30. The van der Waals surface area contributed by atoms with Crippen LogP contribution in [0, 0.1) is 11.6 Å². The van der Waals surface area contributed by atoms with Crippen LogP contribution in [0.5, 0.6) is 11.8 Å². The van der Waals surface area contributed by atoms with Crippen molar-refractivity contribution in [2.45, 2.75) is 71.1 Å². The van der Waals surface area contributed by atoms with Gasteiger partial charge in [-0.1, -0.05) is 25.1 Å². The molecule has 53 heavy (non-hydrogen) atoms. The molecular weight excluding hydrogens is 684 g/mol. The van der Waals surface area contributed by atoms with Crippen molar-refractivity contribution in [3.63, 3.8) is 0 Å². The number of ether oxygens (including phenoxy) is 5. The molecule has 0 radical (unpaired) electrons. The maximum Gasteiger partial charge on any atom is 0.410 e. The van der Waals surface area contributed by atoms with Gasteiger partial charge in [-0.15, -0.1) is 0 Å². The molecule has 2 bridgehead atoms. The van der Waals surface area contributed by atoms with E-state index < -0.39 is 17.2 Å². The van der Waals surface area contributed by atoms with E-state index in [1.807, 2.05) is 61.8 Å². The molecule has 3 fully saturated rings. The van der Waals surface area contributed by atoms with Crippen molar-refractivity contribution in [2.75, 3.05) is 71.3 Å². The van der Waals surface area contributed by atoms with Gasteiger partial charge in [0.1, 0.15) is 28.5 Å². The number of amides is 1. The van der Waals surface area contributed by atoms with E-state index in [9.17, 15) is 4.79 Å². The van der Waals surface area contributed by atoms with Gasteiger partial charge in [0.05, 0.1) is 37.5 Å². The number of carbonyl (C=O) groups is 1. The summed E-state index contributed by atoms with van der Waals surface area (Å²) in [7, 11) is 1.52. The number of aryl methyl sites for hydroxylation is 1. The van der Waals surface area contributed by atoms with Gasteiger partial charge in [-0.05, 0) is 86.6 Å². The molecule has 11 nitrogen and oxygen atoms in total. The molecule has 7 rings (SSSR count). The summed E-state index contributed by atoms with van der Waals surface area (Å²) in [6, 6.07) is 10.4. The van der Waals surface area contributed by atoms with E-state index in [0.29, 0.717) is 62.9 Å². The third-order valence-corrected chi connectivity index (χ3v) is 10.2. The summed E-state index contributed by atoms with van der Waals surface area (Å²) >= 11 is 0. The number of rotatable bonds is 11. The summed E-state index contributed by atoms with van der Waals surface area (Å²) in [4.78, 5) is 28.8. The Labute approximate surface area is 309 Å². The minimum absolute atomic E-state index is 0.0177. The number of morpholine rings is 1. The molecule has 3 aliphatic heterocycles. The van der Waals surface area contributed by atoms with Crippen molar-refractivity contribution < 1.29 is 37.3 Å². The van der Waals surface area contributed by atoms with Gasteiger partial charge in [-0.25, -0.2) is 13.6 Å². The quantitative estimate of drug-likeness (QED) is 0.119. The molecule has 0 N–H and O–H groups in total. The number of fused-ring (bicyclic) bond motifs is 4. The predicted octanol–water partition coefficient (Wildman–Crippen LogP) is 6.96. The van der Waals surface area contributed by atoms with Crippen LogP contribution in [0.1, 0.15) is 52.5 Å². The first-order chi connectivity index (χ1) is 25.5. The van der Waals surface area contributed by atoms with E-state index in [1.54, 1.807) is 6.07 Å². The third-order valence-electron chi connectivity index (χ3n) is 10.2. The third kappa shape index (κ3) is 7.83. The van der Waals surface area contributed by atoms with Crippen LogP contribution in [-0.4, -0.2) is 110 Å². The van der Waals surface area contributed by atoms with Gasteiger partial charge in [0.2, 0.25) is 0 Å². The van der Waals surface area contributed by atoms with E-state index in [0.717, 1.165) is 48.8 Å². The normalized spacial score (nSPS) is 19.3. The lowest BCUT2D eigenvalue weighted by Gasteiger charge is -2.42. The molecule has 4 heterocycles. The van der Waals surface area contributed by atoms with E-state index in [4.69, 9.17) is 28.7 Å². The average molecular weight is 734 g/mol. The Kier molecular flexibility index (Phi) is 10.9. The fourth-order valence-electron chi connectivity index (χ4n) is 7.86. The Morgan fingerprint density at radius 1 is 1.02 bits per heavy atom. The Bertz CT molecular complexity index is 1950. The number of piperazine rings is 1. The summed E-state index contributed by atoms with van der Waals surface area (Å²) in [5.74, 6) is -0.759. The maximum absolute atomic E-state index is 17.3. The van der Waals surface area contributed by atoms with Crippen LogP contribution >= 0.6 is 0 Å². The topological polar surface area (TPSA) is 98.7 Å². The molecule has 4 aromatic rings. The van der Waals surface area contributed by atoms with Crippen molar-refractivity contribution in [3.05, 3.63) is 53.6 Å². The largest absolute Gasteiger partial charge is 0.468 e. The van der Waals surface area contributed by atoms with E-state index in [1.165, 1.54) is 13.2 Å². The zero-order valence-electron chi connectivity index (χ0n) is 31.3. The highest BCUT2D eigenvalue weighted by Gasteiger charge is 2.45. The SMILES string of the molecule is CCc1cccc2cc(OCOC)cc(-c3c(F)cc4c(N5CC6CCC(C5)N6C(=O)OC(C)(C)C)nc(OCCCN5CCOCC5)nc4c3F)c12. The second-order valence-corrected chi connectivity index (χ2v) is 15.0. The minimum Gasteiger partial charge on any atom is -0.468 e. The number of halogens is 2. The highest BCUT2D eigenvalue weighted by Crippen LogP contribution is 2.42. The molecule has 0 saturated carbocycles. The molecule has 0 aliphatic carbocycles. The molecule has 2 atom stereocenters. The number of methoxy groups -OCH3 is 1. The van der Waals surface area contributed by atoms with Crippen molar-refractivity contribution in [1.82, 2.24) is 19.8 Å². The standard InChI is InChI=1S/C40H49F2N5O6/c1-6-25-9-7-10-26-19-29(52-24-49-5)20-30(33(25)26)34-32(41)21-31-36(35(34)42)43-38(51-16-8-13-45-14-17-50-18-15-45)44-37(31)46-22-27-11-12-28(23-46)47(27)39(48)53-40(2,3)4/h7,9-10,19-21,27-28H,6,8,11-18,22-24H2,1-5H3. The van der Waals surface area contributed by atoms with Crippen LogP contribution in [0.25, 0.3) is 32.8 Å². The molecule has 1 amide bonds. The number of hydrogen-bond acceptors (Lipinski definition) is 10. The lowest BCUT2D eigenvalue weighted by atomic mass is 9.92. The molecule has 13 heteroatoms. The monoisotopic (exact) mass is 733 g/mol. The van der Waals surface area contributed by atoms with Gasteiger partial charge in [0.15, 0.2) is 12.6 Å². The first kappa shape index (κ1) is 37.0. The molecule has 3 aromatic carbocycles. The lowest BCUT2D eigenvalue weighted by Crippen LogP contribution is -2.57. The van der Waals surface area contributed by atoms with Crippen LogP contribution in [0.4, 0.5) is 19.4 Å². The summed E-state index contributed by atoms with van der Waals surface area (Å²) in [5.41, 5.74) is 0.433. The molecule has 2 unspecified atom stereocenters. The van der Waals surface area contributed by atoms with E-state index in [2.05, 4.69) is 9.88 Å². The second kappa shape index (κ2) is 15.6. The van der Waals surface area contributed by atoms with Gasteiger partial charge in [-0.3, -0.25) is 9.80 Å². The maximum atomic E-state index is 17.3. The first-order valence-electron chi connectivity index (χ1n) is 18.6. The summed E-state index contributed by atoms with van der Waals surface area (Å²) in [6.07, 6.45) is 2.60. The van der Waals surface area contributed by atoms with E-state index in [-0.39, 0.29) is 47.4 Å². The number of anilines is 1. The lowest BCUT2D eigenvalue weighted by molar-refractivity contribution is 0.0122. The second-order valence-electron chi connectivity index (χ2n) is 15.0. The fourth-order valence-corrected chi connectivity index (χ4v) is 7.86. The van der Waals surface area contributed by atoms with Crippen LogP contribution in [-0.2, 0) is 20.6 Å². The van der Waals surface area contributed by atoms with Crippen molar-refractivity contribution in [2.24, 2.45) is 0 Å². The Morgan fingerprint density at radius 2 is 1.77 bits per heavy atom. The van der Waals surface area contributed by atoms with Crippen LogP contribution < -0.4 is 14.4 Å². The minimum atomic E-state index is -0.812. The fraction of sp³-hybridized carbons (Fsp3) is 0.525. The van der Waals surface area contributed by atoms with Gasteiger partial charge in [-0.2, -0.15) is 9.97 Å². The van der Waals surface area contributed by atoms with Crippen LogP contribution in [0.2, 0.25) is 0 Å². The highest BCUT2D eigenvalue weighted by atomic mass is 19.1. The van der Waals surface area contributed by atoms with Gasteiger partial charge in [0, 0.05) is 45.2 Å². The zero-order valence-corrected chi connectivity index (χ0v) is 31.3. The predicted molar refractivity (Wildman–Crippen MR) is 199 cm³/mol. The number of aromatic nitrogens is 2. The van der Waals surface area contributed by atoms with Crippen LogP contribution in [0.15, 0.2) is 36.4 Å². The summed E-state index contributed by atoms with van der Waals surface area (Å²) in [5, 5.41) is 1.76.